The second kappa shape index (κ2) is 5.80. The van der Waals surface area contributed by atoms with Gasteiger partial charge in [-0.05, 0) is 54.0 Å². The third-order valence-electron chi connectivity index (χ3n) is 3.77. The minimum atomic E-state index is -0.0264. The standard InChI is InChI=1S/C16H19NOS2/c1-10-7-12(18-2)3-4-13(10)16(17)15-8-11-9-19-6-5-14(11)20-15/h3-4,7-8,16H,5-6,9,17H2,1-2H3. The van der Waals surface area contributed by atoms with E-state index in [2.05, 4.69) is 25.1 Å². The van der Waals surface area contributed by atoms with E-state index >= 15 is 0 Å². The van der Waals surface area contributed by atoms with Crippen molar-refractivity contribution < 1.29 is 4.74 Å². The van der Waals surface area contributed by atoms with Gasteiger partial charge in [-0.3, -0.25) is 0 Å². The fourth-order valence-corrected chi connectivity index (χ4v) is 5.00. The van der Waals surface area contributed by atoms with Gasteiger partial charge in [0.15, 0.2) is 0 Å². The third-order valence-corrected chi connectivity index (χ3v) is 6.09. The molecule has 0 spiro atoms. The minimum Gasteiger partial charge on any atom is -0.497 e. The molecule has 1 aromatic heterocycles. The molecule has 2 aromatic rings. The maximum atomic E-state index is 6.48. The highest BCUT2D eigenvalue weighted by atomic mass is 32.2. The van der Waals surface area contributed by atoms with Crippen LogP contribution in [0.1, 0.15) is 32.5 Å². The van der Waals surface area contributed by atoms with Crippen LogP contribution < -0.4 is 10.5 Å². The van der Waals surface area contributed by atoms with Gasteiger partial charge >= 0.3 is 0 Å². The van der Waals surface area contributed by atoms with Crippen LogP contribution in [0.4, 0.5) is 0 Å². The molecule has 2 heterocycles. The minimum absolute atomic E-state index is 0.0264. The monoisotopic (exact) mass is 305 g/mol. The van der Waals surface area contributed by atoms with Crippen molar-refractivity contribution in [3.63, 3.8) is 0 Å². The van der Waals surface area contributed by atoms with Crippen molar-refractivity contribution in [3.05, 3.63) is 50.7 Å². The van der Waals surface area contributed by atoms with Crippen molar-refractivity contribution in [1.82, 2.24) is 0 Å². The van der Waals surface area contributed by atoms with E-state index in [9.17, 15) is 0 Å². The summed E-state index contributed by atoms with van der Waals surface area (Å²) in [4.78, 5) is 2.81. The topological polar surface area (TPSA) is 35.2 Å². The summed E-state index contributed by atoms with van der Waals surface area (Å²) < 4.78 is 5.26. The largest absolute Gasteiger partial charge is 0.497 e. The summed E-state index contributed by atoms with van der Waals surface area (Å²) >= 11 is 3.90. The summed E-state index contributed by atoms with van der Waals surface area (Å²) in [7, 11) is 1.69. The Hall–Kier alpha value is -0.970. The van der Waals surface area contributed by atoms with Gasteiger partial charge in [-0.1, -0.05) is 6.07 Å². The molecule has 0 fully saturated rings. The number of aryl methyl sites for hydroxylation is 2. The molecule has 2 N–H and O–H groups in total. The first-order valence-corrected chi connectivity index (χ1v) is 8.75. The first-order valence-electron chi connectivity index (χ1n) is 6.78. The van der Waals surface area contributed by atoms with Crippen LogP contribution in [0, 0.1) is 6.92 Å². The van der Waals surface area contributed by atoms with Crippen molar-refractivity contribution in [2.45, 2.75) is 25.1 Å². The fraction of sp³-hybridized carbons (Fsp3) is 0.375. The van der Waals surface area contributed by atoms with E-state index in [4.69, 9.17) is 10.5 Å². The van der Waals surface area contributed by atoms with Gasteiger partial charge in [-0.15, -0.1) is 11.3 Å². The van der Waals surface area contributed by atoms with E-state index in [1.807, 2.05) is 29.2 Å². The summed E-state index contributed by atoms with van der Waals surface area (Å²) in [6.45, 7) is 2.10. The number of thioether (sulfide) groups is 1. The lowest BCUT2D eigenvalue weighted by molar-refractivity contribution is 0.414. The number of ether oxygens (including phenoxy) is 1. The lowest BCUT2D eigenvalue weighted by Gasteiger charge is -2.14. The van der Waals surface area contributed by atoms with Gasteiger partial charge in [0.2, 0.25) is 0 Å². The van der Waals surface area contributed by atoms with Crippen molar-refractivity contribution in [2.75, 3.05) is 12.9 Å². The van der Waals surface area contributed by atoms with E-state index in [1.165, 1.54) is 38.6 Å². The van der Waals surface area contributed by atoms with Crippen LogP contribution in [-0.4, -0.2) is 12.9 Å². The molecule has 2 nitrogen and oxygen atoms in total. The summed E-state index contributed by atoms with van der Waals surface area (Å²) in [5.74, 6) is 3.27. The third kappa shape index (κ3) is 2.60. The molecule has 0 aliphatic carbocycles. The van der Waals surface area contributed by atoms with E-state index in [-0.39, 0.29) is 6.04 Å². The van der Waals surface area contributed by atoms with Crippen molar-refractivity contribution in [1.29, 1.82) is 0 Å². The zero-order valence-electron chi connectivity index (χ0n) is 11.8. The van der Waals surface area contributed by atoms with Crippen molar-refractivity contribution >= 4 is 23.1 Å². The van der Waals surface area contributed by atoms with Gasteiger partial charge in [-0.2, -0.15) is 11.8 Å². The molecule has 3 rings (SSSR count). The zero-order chi connectivity index (χ0) is 14.1. The zero-order valence-corrected chi connectivity index (χ0v) is 13.4. The van der Waals surface area contributed by atoms with Gasteiger partial charge in [0.25, 0.3) is 0 Å². The second-order valence-corrected chi connectivity index (χ2v) is 7.37. The molecular formula is C16H19NOS2. The van der Waals surface area contributed by atoms with Gasteiger partial charge in [0.1, 0.15) is 5.75 Å². The van der Waals surface area contributed by atoms with Crippen LogP contribution in [-0.2, 0) is 12.2 Å². The molecule has 1 aliphatic rings. The van der Waals surface area contributed by atoms with E-state index in [1.54, 1.807) is 7.11 Å². The Morgan fingerprint density at radius 1 is 1.30 bits per heavy atom. The maximum Gasteiger partial charge on any atom is 0.119 e. The van der Waals surface area contributed by atoms with Gasteiger partial charge in [0, 0.05) is 15.5 Å². The highest BCUT2D eigenvalue weighted by Gasteiger charge is 2.19. The quantitative estimate of drug-likeness (QED) is 0.934. The number of nitrogens with two attached hydrogens (primary N) is 1. The van der Waals surface area contributed by atoms with Gasteiger partial charge < -0.3 is 10.5 Å². The maximum absolute atomic E-state index is 6.48. The number of hydrogen-bond donors (Lipinski definition) is 1. The van der Waals surface area contributed by atoms with Crippen LogP contribution in [0.2, 0.25) is 0 Å². The number of rotatable bonds is 3. The molecular weight excluding hydrogens is 286 g/mol. The Bertz CT molecular complexity index is 597. The number of thiophene rings is 1. The Kier molecular flexibility index (Phi) is 4.06. The summed E-state index contributed by atoms with van der Waals surface area (Å²) in [6, 6.07) is 8.41. The molecule has 4 heteroatoms. The Morgan fingerprint density at radius 3 is 2.85 bits per heavy atom. The average Bonchev–Trinajstić information content (AvgIpc) is 2.90. The van der Waals surface area contributed by atoms with Gasteiger partial charge in [-0.25, -0.2) is 0 Å². The summed E-state index contributed by atoms with van der Waals surface area (Å²) in [6.07, 6.45) is 1.19. The molecule has 1 atom stereocenters. The average molecular weight is 305 g/mol. The smallest absolute Gasteiger partial charge is 0.119 e. The second-order valence-electron chi connectivity index (χ2n) is 5.10. The number of benzene rings is 1. The van der Waals surface area contributed by atoms with Crippen LogP contribution >= 0.6 is 23.1 Å². The van der Waals surface area contributed by atoms with E-state index < -0.39 is 0 Å². The normalized spacial score (nSPS) is 15.8. The number of hydrogen-bond acceptors (Lipinski definition) is 4. The summed E-state index contributed by atoms with van der Waals surface area (Å²) in [5, 5.41) is 0. The van der Waals surface area contributed by atoms with Crippen LogP contribution in [0.5, 0.6) is 5.75 Å². The number of fused-ring (bicyclic) bond motifs is 1. The molecule has 0 saturated heterocycles. The lowest BCUT2D eigenvalue weighted by Crippen LogP contribution is -2.11. The molecule has 1 aromatic carbocycles. The Labute approximate surface area is 128 Å². The molecule has 106 valence electrons. The highest BCUT2D eigenvalue weighted by molar-refractivity contribution is 7.98. The molecule has 0 amide bonds. The van der Waals surface area contributed by atoms with Crippen molar-refractivity contribution in [3.8, 4) is 5.75 Å². The lowest BCUT2D eigenvalue weighted by atomic mass is 10.00. The Morgan fingerprint density at radius 2 is 2.15 bits per heavy atom. The first kappa shape index (κ1) is 14.0. The summed E-state index contributed by atoms with van der Waals surface area (Å²) in [5.41, 5.74) is 10.4. The molecule has 0 radical (unpaired) electrons. The molecule has 1 aliphatic heterocycles. The fourth-order valence-electron chi connectivity index (χ4n) is 2.60. The predicted octanol–water partition coefficient (Wildman–Crippen LogP) is 3.90. The van der Waals surface area contributed by atoms with Gasteiger partial charge in [0.05, 0.1) is 13.2 Å². The van der Waals surface area contributed by atoms with E-state index in [0.29, 0.717) is 0 Å². The Balaban J connectivity index is 1.92. The predicted molar refractivity (Wildman–Crippen MR) is 87.9 cm³/mol. The molecule has 20 heavy (non-hydrogen) atoms. The molecule has 1 unspecified atom stereocenters. The first-order chi connectivity index (χ1) is 9.69. The molecule has 0 saturated carbocycles. The van der Waals surface area contributed by atoms with E-state index in [0.717, 1.165) is 11.5 Å². The SMILES string of the molecule is COc1ccc(C(N)c2cc3c(s2)CCSC3)c(C)c1. The highest BCUT2D eigenvalue weighted by Crippen LogP contribution is 2.36. The van der Waals surface area contributed by atoms with Crippen LogP contribution in [0.3, 0.4) is 0 Å². The van der Waals surface area contributed by atoms with Crippen LogP contribution in [0.25, 0.3) is 0 Å². The van der Waals surface area contributed by atoms with Crippen molar-refractivity contribution in [2.24, 2.45) is 5.73 Å². The van der Waals surface area contributed by atoms with Crippen LogP contribution in [0.15, 0.2) is 24.3 Å². The number of methoxy groups -OCH3 is 1. The molecule has 0 bridgehead atoms.